The molecule has 0 aliphatic heterocycles. The Morgan fingerprint density at radius 2 is 1.81 bits per heavy atom. The standard InChI is InChI=1S/C17H22N2O7/c1-16(2,3)26-15(22)18-17(9-10-20,14(21)25-4)11-12-5-7-13(8-6-12)19(23)24/h5-8,10H,9,11H2,1-4H3,(H,18,22). The maximum absolute atomic E-state index is 12.3. The van der Waals surface area contributed by atoms with Gasteiger partial charge < -0.3 is 19.6 Å². The van der Waals surface area contributed by atoms with E-state index in [2.05, 4.69) is 5.32 Å². The second-order valence-electron chi connectivity index (χ2n) is 6.67. The van der Waals surface area contributed by atoms with E-state index in [1.54, 1.807) is 20.8 Å². The molecular weight excluding hydrogens is 344 g/mol. The molecule has 0 heterocycles. The zero-order valence-electron chi connectivity index (χ0n) is 15.1. The number of benzene rings is 1. The van der Waals surface area contributed by atoms with Gasteiger partial charge >= 0.3 is 12.1 Å². The molecule has 26 heavy (non-hydrogen) atoms. The van der Waals surface area contributed by atoms with E-state index in [1.807, 2.05) is 0 Å². The van der Waals surface area contributed by atoms with E-state index in [9.17, 15) is 24.5 Å². The number of amides is 1. The van der Waals surface area contributed by atoms with Gasteiger partial charge in [0.05, 0.1) is 12.0 Å². The lowest BCUT2D eigenvalue weighted by Crippen LogP contribution is -2.57. The van der Waals surface area contributed by atoms with Gasteiger partial charge in [-0.15, -0.1) is 0 Å². The molecule has 0 aliphatic carbocycles. The summed E-state index contributed by atoms with van der Waals surface area (Å²) >= 11 is 0. The lowest BCUT2D eigenvalue weighted by Gasteiger charge is -2.31. The van der Waals surface area contributed by atoms with Gasteiger partial charge in [-0.05, 0) is 26.3 Å². The predicted molar refractivity (Wildman–Crippen MR) is 91.6 cm³/mol. The van der Waals surface area contributed by atoms with Gasteiger partial charge in [-0.2, -0.15) is 0 Å². The van der Waals surface area contributed by atoms with Crippen LogP contribution in [0, 0.1) is 10.1 Å². The fourth-order valence-corrected chi connectivity index (χ4v) is 2.29. The molecular formula is C17H22N2O7. The smallest absolute Gasteiger partial charge is 0.408 e. The summed E-state index contributed by atoms with van der Waals surface area (Å²) < 4.78 is 9.92. The number of esters is 1. The zero-order valence-corrected chi connectivity index (χ0v) is 15.1. The summed E-state index contributed by atoms with van der Waals surface area (Å²) in [5, 5.41) is 13.2. The number of non-ortho nitro benzene ring substituents is 1. The number of nitrogens with one attached hydrogen (secondary N) is 1. The molecule has 1 rings (SSSR count). The average Bonchev–Trinajstić information content (AvgIpc) is 2.52. The number of aldehydes is 1. The first-order chi connectivity index (χ1) is 12.0. The van der Waals surface area contributed by atoms with Crippen molar-refractivity contribution < 1.29 is 28.8 Å². The minimum absolute atomic E-state index is 0.102. The molecule has 1 unspecified atom stereocenters. The van der Waals surface area contributed by atoms with Gasteiger partial charge in [-0.1, -0.05) is 12.1 Å². The zero-order chi connectivity index (χ0) is 20.0. The van der Waals surface area contributed by atoms with Gasteiger partial charge in [0.2, 0.25) is 0 Å². The number of rotatable bonds is 7. The van der Waals surface area contributed by atoms with E-state index in [0.717, 1.165) is 7.11 Å². The number of carbonyl (C=O) groups excluding carboxylic acids is 3. The Labute approximate surface area is 150 Å². The van der Waals surface area contributed by atoms with Gasteiger partial charge in [-0.25, -0.2) is 9.59 Å². The Morgan fingerprint density at radius 1 is 1.23 bits per heavy atom. The van der Waals surface area contributed by atoms with Crippen LogP contribution in [0.15, 0.2) is 24.3 Å². The Morgan fingerprint density at radius 3 is 2.23 bits per heavy atom. The Bertz CT molecular complexity index is 679. The maximum atomic E-state index is 12.3. The molecule has 0 bridgehead atoms. The Hall–Kier alpha value is -2.97. The van der Waals surface area contributed by atoms with Crippen LogP contribution in [-0.2, 0) is 25.5 Å². The van der Waals surface area contributed by atoms with Crippen molar-refractivity contribution in [2.75, 3.05) is 7.11 Å². The van der Waals surface area contributed by atoms with Gasteiger partial charge in [0, 0.05) is 25.0 Å². The molecule has 0 fully saturated rings. The molecule has 1 atom stereocenters. The number of methoxy groups -OCH3 is 1. The largest absolute Gasteiger partial charge is 0.467 e. The SMILES string of the molecule is COC(=O)C(CC=O)(Cc1ccc([N+](=O)[O-])cc1)NC(=O)OC(C)(C)C. The van der Waals surface area contributed by atoms with Crippen LogP contribution in [0.1, 0.15) is 32.8 Å². The Kier molecular flexibility index (Phi) is 6.82. The second kappa shape index (κ2) is 8.41. The quantitative estimate of drug-likeness (QED) is 0.339. The van der Waals surface area contributed by atoms with Gasteiger partial charge in [-0.3, -0.25) is 10.1 Å². The van der Waals surface area contributed by atoms with Crippen LogP contribution in [0.5, 0.6) is 0 Å². The lowest BCUT2D eigenvalue weighted by atomic mass is 9.88. The topological polar surface area (TPSA) is 125 Å². The summed E-state index contributed by atoms with van der Waals surface area (Å²) in [6.07, 6.45) is -0.850. The van der Waals surface area contributed by atoms with E-state index in [-0.39, 0.29) is 18.5 Å². The number of hydrogen-bond donors (Lipinski definition) is 1. The first-order valence-corrected chi connectivity index (χ1v) is 7.79. The van der Waals surface area contributed by atoms with Crippen molar-refractivity contribution in [3.05, 3.63) is 39.9 Å². The number of hydrogen-bond acceptors (Lipinski definition) is 7. The monoisotopic (exact) mass is 366 g/mol. The molecule has 1 N–H and O–H groups in total. The molecule has 9 nitrogen and oxygen atoms in total. The molecule has 0 spiro atoms. The molecule has 1 aromatic carbocycles. The highest BCUT2D eigenvalue weighted by molar-refractivity contribution is 5.88. The van der Waals surface area contributed by atoms with Crippen molar-refractivity contribution in [1.29, 1.82) is 0 Å². The average molecular weight is 366 g/mol. The third kappa shape index (κ3) is 5.83. The summed E-state index contributed by atoms with van der Waals surface area (Å²) in [6, 6.07) is 5.42. The number of ether oxygens (including phenoxy) is 2. The molecule has 0 aliphatic rings. The van der Waals surface area contributed by atoms with Gasteiger partial charge in [0.15, 0.2) is 5.54 Å². The van der Waals surface area contributed by atoms with Crippen LogP contribution in [0.4, 0.5) is 10.5 Å². The number of alkyl carbamates (subject to hydrolysis) is 1. The van der Waals surface area contributed by atoms with Crippen molar-refractivity contribution in [1.82, 2.24) is 5.32 Å². The highest BCUT2D eigenvalue weighted by atomic mass is 16.6. The maximum Gasteiger partial charge on any atom is 0.408 e. The fourth-order valence-electron chi connectivity index (χ4n) is 2.29. The van der Waals surface area contributed by atoms with Crippen LogP contribution in [-0.4, -0.2) is 41.5 Å². The summed E-state index contributed by atoms with van der Waals surface area (Å²) in [5.41, 5.74) is -2.11. The third-order valence-corrected chi connectivity index (χ3v) is 3.40. The van der Waals surface area contributed by atoms with Crippen molar-refractivity contribution >= 4 is 24.0 Å². The van der Waals surface area contributed by atoms with Crippen molar-refractivity contribution in [2.45, 2.75) is 44.8 Å². The van der Waals surface area contributed by atoms with Crippen LogP contribution in [0.25, 0.3) is 0 Å². The van der Waals surface area contributed by atoms with E-state index in [1.165, 1.54) is 24.3 Å². The molecule has 0 saturated carbocycles. The van der Waals surface area contributed by atoms with Crippen LogP contribution in [0.3, 0.4) is 0 Å². The van der Waals surface area contributed by atoms with Crippen molar-refractivity contribution in [2.24, 2.45) is 0 Å². The van der Waals surface area contributed by atoms with Crippen molar-refractivity contribution in [3.8, 4) is 0 Å². The second-order valence-corrected chi connectivity index (χ2v) is 6.67. The molecule has 0 radical (unpaired) electrons. The van der Waals surface area contributed by atoms with E-state index in [4.69, 9.17) is 9.47 Å². The summed E-state index contributed by atoms with van der Waals surface area (Å²) in [5.74, 6) is -0.825. The van der Waals surface area contributed by atoms with Gasteiger partial charge in [0.25, 0.3) is 5.69 Å². The van der Waals surface area contributed by atoms with Crippen molar-refractivity contribution in [3.63, 3.8) is 0 Å². The van der Waals surface area contributed by atoms with E-state index >= 15 is 0 Å². The summed E-state index contributed by atoms with van der Waals surface area (Å²) in [4.78, 5) is 45.8. The molecule has 9 heteroatoms. The number of carbonyl (C=O) groups is 3. The minimum atomic E-state index is -1.69. The number of nitrogens with zero attached hydrogens (tertiary/aromatic N) is 1. The normalized spacial score (nSPS) is 13.2. The highest BCUT2D eigenvalue weighted by Crippen LogP contribution is 2.22. The molecule has 142 valence electrons. The fraction of sp³-hybridized carbons (Fsp3) is 0.471. The molecule has 1 aromatic rings. The van der Waals surface area contributed by atoms with E-state index in [0.29, 0.717) is 11.8 Å². The summed E-state index contributed by atoms with van der Waals surface area (Å²) in [7, 11) is 1.13. The first kappa shape index (κ1) is 21.1. The third-order valence-electron chi connectivity index (χ3n) is 3.40. The van der Waals surface area contributed by atoms with Gasteiger partial charge in [0.1, 0.15) is 11.9 Å². The van der Waals surface area contributed by atoms with E-state index < -0.39 is 28.1 Å². The first-order valence-electron chi connectivity index (χ1n) is 7.79. The van der Waals surface area contributed by atoms with Crippen LogP contribution >= 0.6 is 0 Å². The molecule has 1 amide bonds. The van der Waals surface area contributed by atoms with Crippen LogP contribution < -0.4 is 5.32 Å². The molecule has 0 aromatic heterocycles. The minimum Gasteiger partial charge on any atom is -0.467 e. The lowest BCUT2D eigenvalue weighted by molar-refractivity contribution is -0.384. The number of nitro benzene ring substituents is 1. The molecule has 0 saturated heterocycles. The summed E-state index contributed by atoms with van der Waals surface area (Å²) in [6.45, 7) is 4.97. The van der Waals surface area contributed by atoms with Crippen LogP contribution in [0.2, 0.25) is 0 Å². The Balaban J connectivity index is 3.17. The highest BCUT2D eigenvalue weighted by Gasteiger charge is 2.42. The predicted octanol–water partition coefficient (Wildman–Crippen LogP) is 2.16. The number of nitro groups is 1.